The van der Waals surface area contributed by atoms with Crippen LogP contribution in [0, 0.1) is 5.82 Å². The standard InChI is InChI=1S/C13H12ClFN2O2S/c1-20(18,19)13-6-5-9(7-17-13)16-8-10-11(14)3-2-4-12(10)15/h2-7,16H,8H2,1H3. The van der Waals surface area contributed by atoms with Crippen molar-refractivity contribution >= 4 is 27.1 Å². The number of halogens is 2. The van der Waals surface area contributed by atoms with E-state index in [0.717, 1.165) is 6.26 Å². The Hall–Kier alpha value is -1.66. The molecule has 1 aromatic carbocycles. The predicted octanol–water partition coefficient (Wildman–Crippen LogP) is 2.89. The van der Waals surface area contributed by atoms with Crippen molar-refractivity contribution in [2.24, 2.45) is 0 Å². The lowest BCUT2D eigenvalue weighted by Crippen LogP contribution is -2.04. The first-order chi connectivity index (χ1) is 9.38. The highest BCUT2D eigenvalue weighted by molar-refractivity contribution is 7.90. The van der Waals surface area contributed by atoms with Gasteiger partial charge in [-0.25, -0.2) is 17.8 Å². The van der Waals surface area contributed by atoms with Crippen LogP contribution in [-0.4, -0.2) is 19.7 Å². The zero-order valence-corrected chi connectivity index (χ0v) is 12.2. The summed E-state index contributed by atoms with van der Waals surface area (Å²) in [4.78, 5) is 3.83. The number of aromatic nitrogens is 1. The molecule has 0 atom stereocenters. The molecule has 0 radical (unpaired) electrons. The van der Waals surface area contributed by atoms with Crippen molar-refractivity contribution in [1.29, 1.82) is 0 Å². The van der Waals surface area contributed by atoms with Crippen LogP contribution in [0.15, 0.2) is 41.6 Å². The summed E-state index contributed by atoms with van der Waals surface area (Å²) in [7, 11) is -3.32. The lowest BCUT2D eigenvalue weighted by atomic mass is 10.2. The van der Waals surface area contributed by atoms with Gasteiger partial charge in [0.25, 0.3) is 0 Å². The second-order valence-electron chi connectivity index (χ2n) is 4.21. The van der Waals surface area contributed by atoms with Crippen LogP contribution >= 0.6 is 11.6 Å². The van der Waals surface area contributed by atoms with Gasteiger partial charge in [-0.15, -0.1) is 0 Å². The largest absolute Gasteiger partial charge is 0.380 e. The number of rotatable bonds is 4. The summed E-state index contributed by atoms with van der Waals surface area (Å²) in [5.41, 5.74) is 0.929. The molecule has 0 spiro atoms. The first-order valence-electron chi connectivity index (χ1n) is 5.71. The van der Waals surface area contributed by atoms with Gasteiger partial charge in [-0.05, 0) is 24.3 Å². The molecular weight excluding hydrogens is 303 g/mol. The van der Waals surface area contributed by atoms with Crippen LogP contribution in [0.4, 0.5) is 10.1 Å². The first kappa shape index (κ1) is 14.7. The maximum Gasteiger partial charge on any atom is 0.192 e. The number of benzene rings is 1. The zero-order chi connectivity index (χ0) is 14.8. The molecule has 0 bridgehead atoms. The van der Waals surface area contributed by atoms with Gasteiger partial charge in [0.2, 0.25) is 0 Å². The molecule has 1 heterocycles. The molecule has 2 aromatic rings. The number of nitrogens with one attached hydrogen (secondary N) is 1. The molecule has 2 rings (SSSR count). The highest BCUT2D eigenvalue weighted by atomic mass is 35.5. The van der Waals surface area contributed by atoms with Crippen molar-refractivity contribution in [3.05, 3.63) is 52.9 Å². The average Bonchev–Trinajstić information content (AvgIpc) is 2.37. The van der Waals surface area contributed by atoms with Crippen molar-refractivity contribution in [1.82, 2.24) is 4.98 Å². The van der Waals surface area contributed by atoms with E-state index < -0.39 is 15.7 Å². The minimum absolute atomic E-state index is 0.00743. The Morgan fingerprint density at radius 1 is 1.30 bits per heavy atom. The topological polar surface area (TPSA) is 59.1 Å². The molecule has 0 fully saturated rings. The molecule has 7 heteroatoms. The molecule has 106 valence electrons. The van der Waals surface area contributed by atoms with Gasteiger partial charge in [-0.3, -0.25) is 0 Å². The van der Waals surface area contributed by atoms with Crippen LogP contribution < -0.4 is 5.32 Å². The fraction of sp³-hybridized carbons (Fsp3) is 0.154. The summed E-state index contributed by atoms with van der Waals surface area (Å²) in [6, 6.07) is 7.42. The van der Waals surface area contributed by atoms with E-state index in [4.69, 9.17) is 11.6 Å². The molecule has 4 nitrogen and oxygen atoms in total. The van der Waals surface area contributed by atoms with E-state index in [1.54, 1.807) is 12.1 Å². The summed E-state index contributed by atoms with van der Waals surface area (Å²) < 4.78 is 36.1. The molecule has 0 aliphatic carbocycles. The van der Waals surface area contributed by atoms with Gasteiger partial charge in [0.15, 0.2) is 14.9 Å². The molecule has 1 N–H and O–H groups in total. The maximum absolute atomic E-state index is 13.6. The van der Waals surface area contributed by atoms with Crippen LogP contribution in [0.2, 0.25) is 5.02 Å². The molecule has 0 aliphatic rings. The lowest BCUT2D eigenvalue weighted by Gasteiger charge is -2.09. The van der Waals surface area contributed by atoms with E-state index in [9.17, 15) is 12.8 Å². The third-order valence-electron chi connectivity index (χ3n) is 2.65. The van der Waals surface area contributed by atoms with Crippen LogP contribution in [0.5, 0.6) is 0 Å². The monoisotopic (exact) mass is 314 g/mol. The molecule has 20 heavy (non-hydrogen) atoms. The van der Waals surface area contributed by atoms with Crippen molar-refractivity contribution in [2.75, 3.05) is 11.6 Å². The van der Waals surface area contributed by atoms with Gasteiger partial charge in [0.05, 0.1) is 11.9 Å². The van der Waals surface area contributed by atoms with Gasteiger partial charge in [0.1, 0.15) is 5.82 Å². The Morgan fingerprint density at radius 3 is 2.60 bits per heavy atom. The SMILES string of the molecule is CS(=O)(=O)c1ccc(NCc2c(F)cccc2Cl)cn1. The van der Waals surface area contributed by atoms with E-state index in [0.29, 0.717) is 16.3 Å². The van der Waals surface area contributed by atoms with Crippen LogP contribution in [-0.2, 0) is 16.4 Å². The molecule has 0 aliphatic heterocycles. The zero-order valence-electron chi connectivity index (χ0n) is 10.6. The highest BCUT2D eigenvalue weighted by Gasteiger charge is 2.09. The van der Waals surface area contributed by atoms with Crippen molar-refractivity contribution < 1.29 is 12.8 Å². The second kappa shape index (κ2) is 5.76. The van der Waals surface area contributed by atoms with Gasteiger partial charge < -0.3 is 5.32 Å². The molecule has 0 amide bonds. The number of hydrogen-bond acceptors (Lipinski definition) is 4. The molecule has 0 unspecified atom stereocenters. The third kappa shape index (κ3) is 3.46. The molecule has 0 saturated carbocycles. The number of pyridine rings is 1. The molecule has 1 aromatic heterocycles. The summed E-state index contributed by atoms with van der Waals surface area (Å²) in [6.07, 6.45) is 2.46. The number of anilines is 1. The fourth-order valence-electron chi connectivity index (χ4n) is 1.60. The minimum Gasteiger partial charge on any atom is -0.380 e. The van der Waals surface area contributed by atoms with E-state index in [2.05, 4.69) is 10.3 Å². The van der Waals surface area contributed by atoms with Crippen molar-refractivity contribution in [3.8, 4) is 0 Å². The van der Waals surface area contributed by atoms with Gasteiger partial charge in [0, 0.05) is 23.4 Å². The fourth-order valence-corrected chi connectivity index (χ4v) is 2.39. The number of nitrogens with zero attached hydrogens (tertiary/aromatic N) is 1. The summed E-state index contributed by atoms with van der Waals surface area (Å²) in [5.74, 6) is -0.397. The van der Waals surface area contributed by atoms with Gasteiger partial charge >= 0.3 is 0 Å². The summed E-state index contributed by atoms with van der Waals surface area (Å²) >= 11 is 5.91. The second-order valence-corrected chi connectivity index (χ2v) is 6.58. The summed E-state index contributed by atoms with van der Waals surface area (Å²) in [5, 5.41) is 3.26. The van der Waals surface area contributed by atoms with E-state index in [-0.39, 0.29) is 11.6 Å². The summed E-state index contributed by atoms with van der Waals surface area (Å²) in [6.45, 7) is 0.186. The van der Waals surface area contributed by atoms with E-state index in [1.807, 2.05) is 0 Å². The van der Waals surface area contributed by atoms with Crippen LogP contribution in [0.1, 0.15) is 5.56 Å². The predicted molar refractivity (Wildman–Crippen MR) is 76.1 cm³/mol. The van der Waals surface area contributed by atoms with Crippen molar-refractivity contribution in [2.45, 2.75) is 11.6 Å². The highest BCUT2D eigenvalue weighted by Crippen LogP contribution is 2.20. The normalized spacial score (nSPS) is 11.3. The Kier molecular flexibility index (Phi) is 4.25. The quantitative estimate of drug-likeness (QED) is 0.942. The van der Waals surface area contributed by atoms with E-state index in [1.165, 1.54) is 24.4 Å². The van der Waals surface area contributed by atoms with Crippen LogP contribution in [0.25, 0.3) is 0 Å². The third-order valence-corrected chi connectivity index (χ3v) is 4.00. The molecular formula is C13H12ClFN2O2S. The lowest BCUT2D eigenvalue weighted by molar-refractivity contribution is 0.598. The number of sulfone groups is 1. The Bertz CT molecular complexity index is 697. The van der Waals surface area contributed by atoms with Crippen LogP contribution in [0.3, 0.4) is 0 Å². The van der Waals surface area contributed by atoms with Crippen molar-refractivity contribution in [3.63, 3.8) is 0 Å². The van der Waals surface area contributed by atoms with E-state index >= 15 is 0 Å². The number of hydrogen-bond donors (Lipinski definition) is 1. The average molecular weight is 315 g/mol. The molecule has 0 saturated heterocycles. The minimum atomic E-state index is -3.32. The van der Waals surface area contributed by atoms with Gasteiger partial charge in [-0.1, -0.05) is 17.7 Å². The van der Waals surface area contributed by atoms with Gasteiger partial charge in [-0.2, -0.15) is 0 Å². The smallest absolute Gasteiger partial charge is 0.192 e. The Morgan fingerprint density at radius 2 is 2.05 bits per heavy atom. The Balaban J connectivity index is 2.12. The Labute approximate surface area is 121 Å². The first-order valence-corrected chi connectivity index (χ1v) is 7.98. The maximum atomic E-state index is 13.6.